The van der Waals surface area contributed by atoms with Crippen LogP contribution in [0.15, 0.2) is 164 Å². The molecular weight excluding hydrogens is 607 g/mol. The van der Waals surface area contributed by atoms with E-state index in [0.29, 0.717) is 5.82 Å². The van der Waals surface area contributed by atoms with Crippen LogP contribution in [0, 0.1) is 0 Å². The van der Waals surface area contributed by atoms with E-state index >= 15 is 0 Å². The molecule has 2 heterocycles. The summed E-state index contributed by atoms with van der Waals surface area (Å²) >= 11 is 0. The zero-order chi connectivity index (χ0) is 33.4. The Kier molecular flexibility index (Phi) is 6.22. The summed E-state index contributed by atoms with van der Waals surface area (Å²) in [5.41, 5.74) is 13.7. The van der Waals surface area contributed by atoms with Gasteiger partial charge in [-0.2, -0.15) is 0 Å². The molecule has 0 saturated carbocycles. The maximum atomic E-state index is 5.14. The molecule has 236 valence electrons. The summed E-state index contributed by atoms with van der Waals surface area (Å²) in [6, 6.07) is 58.6. The van der Waals surface area contributed by atoms with Gasteiger partial charge in [-0.25, -0.2) is 9.97 Å². The van der Waals surface area contributed by atoms with Gasteiger partial charge < -0.3 is 4.57 Å². The Hall–Kier alpha value is -6.32. The second-order valence-corrected chi connectivity index (χ2v) is 13.8. The maximum Gasteiger partial charge on any atom is 0.160 e. The van der Waals surface area contributed by atoms with E-state index in [1.165, 1.54) is 54.8 Å². The summed E-state index contributed by atoms with van der Waals surface area (Å²) in [5, 5.41) is 5.11. The summed E-state index contributed by atoms with van der Waals surface area (Å²) < 4.78 is 2.42. The van der Waals surface area contributed by atoms with E-state index in [1.54, 1.807) is 0 Å². The van der Waals surface area contributed by atoms with Crippen LogP contribution in [0.2, 0.25) is 0 Å². The normalized spacial score (nSPS) is 13.2. The number of hydrogen-bond donors (Lipinski definition) is 0. The number of para-hydroxylation sites is 1. The molecule has 0 aliphatic heterocycles. The molecule has 9 aromatic rings. The van der Waals surface area contributed by atoms with Crippen molar-refractivity contribution in [2.24, 2.45) is 0 Å². The van der Waals surface area contributed by atoms with Crippen molar-refractivity contribution in [3.05, 3.63) is 175 Å². The molecule has 3 nitrogen and oxygen atoms in total. The van der Waals surface area contributed by atoms with Crippen molar-refractivity contribution in [1.82, 2.24) is 14.5 Å². The molecule has 0 bridgehead atoms. The first-order valence-corrected chi connectivity index (χ1v) is 17.3. The van der Waals surface area contributed by atoms with Gasteiger partial charge in [0.05, 0.1) is 22.4 Å². The van der Waals surface area contributed by atoms with Crippen molar-refractivity contribution in [3.8, 4) is 50.7 Å². The van der Waals surface area contributed by atoms with Gasteiger partial charge in [0.15, 0.2) is 5.82 Å². The topological polar surface area (TPSA) is 30.7 Å². The number of nitrogens with zero attached hydrogens (tertiary/aromatic N) is 3. The van der Waals surface area contributed by atoms with Crippen molar-refractivity contribution < 1.29 is 0 Å². The average molecular weight is 640 g/mol. The van der Waals surface area contributed by atoms with E-state index in [1.807, 2.05) is 12.1 Å². The Morgan fingerprint density at radius 2 is 1.10 bits per heavy atom. The third-order valence-electron chi connectivity index (χ3n) is 10.6. The van der Waals surface area contributed by atoms with Crippen molar-refractivity contribution in [3.63, 3.8) is 0 Å². The molecule has 0 amide bonds. The fourth-order valence-electron chi connectivity index (χ4n) is 8.12. The van der Waals surface area contributed by atoms with Gasteiger partial charge >= 0.3 is 0 Å². The summed E-state index contributed by atoms with van der Waals surface area (Å²) in [4.78, 5) is 10.3. The highest BCUT2D eigenvalue weighted by Crippen LogP contribution is 2.53. The quantitative estimate of drug-likeness (QED) is 0.192. The lowest BCUT2D eigenvalue weighted by Crippen LogP contribution is -2.15. The number of aromatic nitrogens is 3. The highest BCUT2D eigenvalue weighted by atomic mass is 15.0. The highest BCUT2D eigenvalue weighted by Gasteiger charge is 2.37. The Balaban J connectivity index is 1.19. The number of benzene rings is 7. The van der Waals surface area contributed by atoms with Gasteiger partial charge in [0.25, 0.3) is 0 Å². The first kappa shape index (κ1) is 28.7. The van der Waals surface area contributed by atoms with Gasteiger partial charge in [-0.05, 0) is 69.4 Å². The lowest BCUT2D eigenvalue weighted by molar-refractivity contribution is 0.661. The molecule has 0 atom stereocenters. The third-order valence-corrected chi connectivity index (χ3v) is 10.6. The fraction of sp³-hybridized carbons (Fsp3) is 0.0638. The average Bonchev–Trinajstić information content (AvgIpc) is 3.62. The molecule has 50 heavy (non-hydrogen) atoms. The lowest BCUT2D eigenvalue weighted by Gasteiger charge is -2.22. The predicted molar refractivity (Wildman–Crippen MR) is 208 cm³/mol. The molecule has 3 heteroatoms. The number of rotatable bonds is 4. The molecular formula is C47H33N3. The molecule has 7 aromatic carbocycles. The molecule has 0 N–H and O–H groups in total. The van der Waals surface area contributed by atoms with Crippen molar-refractivity contribution in [2.75, 3.05) is 0 Å². The zero-order valence-corrected chi connectivity index (χ0v) is 27.9. The minimum Gasteiger partial charge on any atom is -0.309 e. The Morgan fingerprint density at radius 3 is 1.84 bits per heavy atom. The van der Waals surface area contributed by atoms with Gasteiger partial charge in [0, 0.05) is 38.6 Å². The monoisotopic (exact) mass is 639 g/mol. The van der Waals surface area contributed by atoms with Crippen LogP contribution in [-0.4, -0.2) is 14.5 Å². The zero-order valence-electron chi connectivity index (χ0n) is 27.9. The van der Waals surface area contributed by atoms with Crippen LogP contribution in [0.3, 0.4) is 0 Å². The number of hydrogen-bond acceptors (Lipinski definition) is 2. The minimum atomic E-state index is -0.133. The minimum absolute atomic E-state index is 0.133. The lowest BCUT2D eigenvalue weighted by atomic mass is 9.82. The van der Waals surface area contributed by atoms with E-state index < -0.39 is 0 Å². The van der Waals surface area contributed by atoms with Crippen molar-refractivity contribution >= 4 is 32.6 Å². The van der Waals surface area contributed by atoms with Crippen LogP contribution >= 0.6 is 0 Å². The van der Waals surface area contributed by atoms with Gasteiger partial charge in [-0.15, -0.1) is 0 Å². The van der Waals surface area contributed by atoms with Crippen LogP contribution in [0.1, 0.15) is 25.0 Å². The number of fused-ring (bicyclic) bond motifs is 8. The summed E-state index contributed by atoms with van der Waals surface area (Å²) in [6.45, 7) is 4.74. The van der Waals surface area contributed by atoms with E-state index in [2.05, 4.69) is 170 Å². The third kappa shape index (κ3) is 4.30. The Morgan fingerprint density at radius 1 is 0.460 bits per heavy atom. The van der Waals surface area contributed by atoms with Crippen LogP contribution in [0.5, 0.6) is 0 Å². The van der Waals surface area contributed by atoms with Gasteiger partial charge in [0.2, 0.25) is 0 Å². The molecule has 10 rings (SSSR count). The van der Waals surface area contributed by atoms with E-state index in [9.17, 15) is 0 Å². The van der Waals surface area contributed by atoms with Gasteiger partial charge in [-0.1, -0.05) is 141 Å². The maximum absolute atomic E-state index is 5.14. The Labute approximate surface area is 291 Å². The van der Waals surface area contributed by atoms with Crippen molar-refractivity contribution in [1.29, 1.82) is 0 Å². The van der Waals surface area contributed by atoms with E-state index in [4.69, 9.17) is 9.97 Å². The predicted octanol–water partition coefficient (Wildman–Crippen LogP) is 12.0. The molecule has 0 saturated heterocycles. The second-order valence-electron chi connectivity index (χ2n) is 13.8. The molecule has 1 aliphatic carbocycles. The molecule has 0 spiro atoms. The van der Waals surface area contributed by atoms with Crippen LogP contribution in [0.25, 0.3) is 83.3 Å². The molecule has 0 unspecified atom stereocenters. The van der Waals surface area contributed by atoms with Crippen LogP contribution in [0.4, 0.5) is 0 Å². The van der Waals surface area contributed by atoms with Crippen molar-refractivity contribution in [2.45, 2.75) is 19.3 Å². The van der Waals surface area contributed by atoms with E-state index in [0.717, 1.165) is 33.8 Å². The second kappa shape index (κ2) is 10.8. The first-order chi connectivity index (χ1) is 24.5. The molecule has 1 aliphatic rings. The van der Waals surface area contributed by atoms with Gasteiger partial charge in [0.1, 0.15) is 0 Å². The van der Waals surface area contributed by atoms with Crippen LogP contribution in [-0.2, 0) is 5.41 Å². The summed E-state index contributed by atoms with van der Waals surface area (Å²) in [5.74, 6) is 0.706. The fourth-order valence-corrected chi connectivity index (χ4v) is 8.12. The smallest absolute Gasteiger partial charge is 0.160 e. The Bertz CT molecular complexity index is 2720. The molecule has 0 radical (unpaired) electrons. The van der Waals surface area contributed by atoms with E-state index in [-0.39, 0.29) is 5.41 Å². The molecule has 2 aromatic heterocycles. The first-order valence-electron chi connectivity index (χ1n) is 17.3. The molecule has 0 fully saturated rings. The standard InChI is InChI=1S/C47H33N3/c1-47(2)39-25-24-30-14-9-10-21-35(30)45(39)38-27-37-36-22-11-12-23-43(36)50(44(37)28-40(38)47)34-20-13-19-33(26-34)46-48-41(31-15-5-3-6-16-31)29-42(49-46)32-17-7-4-8-18-32/h3-29H,1-2H3. The SMILES string of the molecule is CC1(C)c2cc3c(cc2-c2c1ccc1ccccc21)c1ccccc1n3-c1cccc(-c2nc(-c3ccccc3)cc(-c3ccccc3)n2)c1. The summed E-state index contributed by atoms with van der Waals surface area (Å²) in [7, 11) is 0. The highest BCUT2D eigenvalue weighted by molar-refractivity contribution is 6.13. The van der Waals surface area contributed by atoms with Gasteiger partial charge in [-0.3, -0.25) is 0 Å². The largest absolute Gasteiger partial charge is 0.309 e. The van der Waals surface area contributed by atoms with Crippen LogP contribution < -0.4 is 0 Å². The summed E-state index contributed by atoms with van der Waals surface area (Å²) in [6.07, 6.45) is 0.